The Morgan fingerprint density at radius 2 is 2.16 bits per heavy atom. The fraction of sp³-hybridized carbons (Fsp3) is 0.292. The molecule has 0 radical (unpaired) electrons. The molecule has 2 heterocycles. The third-order valence-corrected chi connectivity index (χ3v) is 6.01. The van der Waals surface area contributed by atoms with E-state index < -0.39 is 0 Å². The largest absolute Gasteiger partial charge is 0.337 e. The Morgan fingerprint density at radius 1 is 1.32 bits per heavy atom. The second-order valence-corrected chi connectivity index (χ2v) is 8.29. The number of carbonyl (C=O) groups excluding carboxylic acids is 1. The minimum absolute atomic E-state index is 0.0247. The smallest absolute Gasteiger partial charge is 0.255 e. The van der Waals surface area contributed by atoms with Gasteiger partial charge in [0.1, 0.15) is 0 Å². The average molecular weight is 434 g/mol. The van der Waals surface area contributed by atoms with Crippen LogP contribution in [-0.2, 0) is 13.1 Å². The van der Waals surface area contributed by atoms with Crippen molar-refractivity contribution in [3.63, 3.8) is 0 Å². The highest BCUT2D eigenvalue weighted by molar-refractivity contribution is 6.33. The number of hydrogen-bond donors (Lipinski definition) is 1. The van der Waals surface area contributed by atoms with Crippen LogP contribution < -0.4 is 5.32 Å². The van der Waals surface area contributed by atoms with Crippen molar-refractivity contribution in [2.24, 2.45) is 0 Å². The number of rotatable bonds is 6. The Kier molecular flexibility index (Phi) is 6.36. The molecule has 1 fully saturated rings. The van der Waals surface area contributed by atoms with Crippen molar-refractivity contribution in [2.45, 2.75) is 32.5 Å². The molecule has 0 aliphatic carbocycles. The first kappa shape index (κ1) is 21.1. The predicted octanol–water partition coefficient (Wildman–Crippen LogP) is 3.77. The average Bonchev–Trinajstić information content (AvgIpc) is 3.42. The molecule has 0 bridgehead atoms. The van der Waals surface area contributed by atoms with Crippen LogP contribution in [0, 0.1) is 18.3 Å². The van der Waals surface area contributed by atoms with E-state index in [2.05, 4.69) is 20.9 Å². The van der Waals surface area contributed by atoms with E-state index in [1.807, 2.05) is 48.4 Å². The van der Waals surface area contributed by atoms with Crippen LogP contribution in [0.3, 0.4) is 0 Å². The van der Waals surface area contributed by atoms with E-state index in [4.69, 9.17) is 11.6 Å². The standard InChI is InChI=1S/C24H24ClN5O/c1-17-6-7-18(19(10-17)11-26)14-30-16-27-12-21(30)13-28-20-8-9-29(15-20)24(31)22-4-2-3-5-23(22)25/h2-7,10,12,16,20,28H,8-9,13-15H2,1H3. The van der Waals surface area contributed by atoms with Crippen molar-refractivity contribution in [3.8, 4) is 6.07 Å². The van der Waals surface area contributed by atoms with Gasteiger partial charge in [-0.25, -0.2) is 4.98 Å². The number of likely N-dealkylation sites (tertiary alicyclic amines) is 1. The molecule has 3 aromatic rings. The van der Waals surface area contributed by atoms with Crippen molar-refractivity contribution in [1.82, 2.24) is 19.8 Å². The van der Waals surface area contributed by atoms with Gasteiger partial charge in [-0.15, -0.1) is 0 Å². The summed E-state index contributed by atoms with van der Waals surface area (Å²) in [6.45, 7) is 4.58. The molecule has 1 aliphatic rings. The van der Waals surface area contributed by atoms with Gasteiger partial charge in [0.25, 0.3) is 5.91 Å². The lowest BCUT2D eigenvalue weighted by atomic mass is 10.1. The summed E-state index contributed by atoms with van der Waals surface area (Å²) in [6.07, 6.45) is 4.52. The normalized spacial score (nSPS) is 15.8. The molecule has 158 valence electrons. The van der Waals surface area contributed by atoms with Crippen LogP contribution in [0.15, 0.2) is 55.0 Å². The van der Waals surface area contributed by atoms with E-state index >= 15 is 0 Å². The zero-order valence-electron chi connectivity index (χ0n) is 17.4. The predicted molar refractivity (Wildman–Crippen MR) is 120 cm³/mol. The highest BCUT2D eigenvalue weighted by Crippen LogP contribution is 2.20. The number of imidazole rings is 1. The summed E-state index contributed by atoms with van der Waals surface area (Å²) in [6, 6.07) is 15.6. The molecule has 6 nitrogen and oxygen atoms in total. The zero-order valence-corrected chi connectivity index (χ0v) is 18.1. The highest BCUT2D eigenvalue weighted by Gasteiger charge is 2.27. The SMILES string of the molecule is Cc1ccc(Cn2cncc2CNC2CCN(C(=O)c3ccccc3Cl)C2)c(C#N)c1. The first-order chi connectivity index (χ1) is 15.0. The van der Waals surface area contributed by atoms with Crippen LogP contribution >= 0.6 is 11.6 Å². The molecule has 1 N–H and O–H groups in total. The van der Waals surface area contributed by atoms with Crippen LogP contribution in [0.4, 0.5) is 0 Å². The van der Waals surface area contributed by atoms with Crippen LogP contribution in [-0.4, -0.2) is 39.5 Å². The molecule has 1 saturated heterocycles. The highest BCUT2D eigenvalue weighted by atomic mass is 35.5. The summed E-state index contributed by atoms with van der Waals surface area (Å²) in [4.78, 5) is 18.9. The van der Waals surface area contributed by atoms with E-state index in [0.717, 1.165) is 23.2 Å². The fourth-order valence-corrected chi connectivity index (χ4v) is 4.14. The molecular weight excluding hydrogens is 410 g/mol. The van der Waals surface area contributed by atoms with Crippen LogP contribution in [0.5, 0.6) is 0 Å². The summed E-state index contributed by atoms with van der Waals surface area (Å²) >= 11 is 6.18. The van der Waals surface area contributed by atoms with E-state index in [1.165, 1.54) is 0 Å². The molecule has 1 amide bonds. The van der Waals surface area contributed by atoms with E-state index in [1.54, 1.807) is 18.5 Å². The first-order valence-corrected chi connectivity index (χ1v) is 10.7. The van der Waals surface area contributed by atoms with Gasteiger partial charge >= 0.3 is 0 Å². The van der Waals surface area contributed by atoms with Gasteiger partial charge in [-0.05, 0) is 42.7 Å². The molecule has 1 aliphatic heterocycles. The number of halogens is 1. The molecule has 2 aromatic carbocycles. The summed E-state index contributed by atoms with van der Waals surface area (Å²) < 4.78 is 2.06. The van der Waals surface area contributed by atoms with Crippen molar-refractivity contribution in [1.29, 1.82) is 5.26 Å². The lowest BCUT2D eigenvalue weighted by molar-refractivity contribution is 0.0789. The third-order valence-electron chi connectivity index (χ3n) is 5.68. The van der Waals surface area contributed by atoms with Crippen molar-refractivity contribution in [2.75, 3.05) is 13.1 Å². The Balaban J connectivity index is 1.36. The number of nitrogens with zero attached hydrogens (tertiary/aromatic N) is 4. The molecule has 0 spiro atoms. The van der Waals surface area contributed by atoms with Crippen molar-refractivity contribution in [3.05, 3.63) is 88.0 Å². The van der Waals surface area contributed by atoms with Gasteiger partial charge in [0.2, 0.25) is 0 Å². The van der Waals surface area contributed by atoms with Gasteiger partial charge in [0, 0.05) is 31.9 Å². The fourth-order valence-electron chi connectivity index (χ4n) is 3.92. The van der Waals surface area contributed by atoms with Crippen molar-refractivity contribution < 1.29 is 4.79 Å². The molecule has 4 rings (SSSR count). The molecule has 1 aromatic heterocycles. The molecule has 7 heteroatoms. The monoisotopic (exact) mass is 433 g/mol. The molecule has 1 unspecified atom stereocenters. The van der Waals surface area contributed by atoms with Crippen molar-refractivity contribution >= 4 is 17.5 Å². The lowest BCUT2D eigenvalue weighted by Gasteiger charge is -2.18. The maximum Gasteiger partial charge on any atom is 0.255 e. The number of benzene rings is 2. The number of hydrogen-bond acceptors (Lipinski definition) is 4. The number of aromatic nitrogens is 2. The second-order valence-electron chi connectivity index (χ2n) is 7.88. The van der Waals surface area contributed by atoms with Gasteiger partial charge in [-0.3, -0.25) is 4.79 Å². The summed E-state index contributed by atoms with van der Waals surface area (Å²) in [5, 5.41) is 13.5. The first-order valence-electron chi connectivity index (χ1n) is 10.3. The minimum Gasteiger partial charge on any atom is -0.337 e. The zero-order chi connectivity index (χ0) is 21.8. The van der Waals surface area contributed by atoms with Gasteiger partial charge < -0.3 is 14.8 Å². The summed E-state index contributed by atoms with van der Waals surface area (Å²) in [7, 11) is 0. The Hall–Kier alpha value is -3.14. The second kappa shape index (κ2) is 9.34. The van der Waals surface area contributed by atoms with E-state index in [-0.39, 0.29) is 11.9 Å². The number of nitrogens with one attached hydrogen (secondary N) is 1. The van der Waals surface area contributed by atoms with E-state index in [0.29, 0.717) is 42.3 Å². The molecule has 1 atom stereocenters. The Bertz CT molecular complexity index is 1130. The number of carbonyl (C=O) groups is 1. The third kappa shape index (κ3) is 4.79. The van der Waals surface area contributed by atoms with Crippen LogP contribution in [0.25, 0.3) is 0 Å². The summed E-state index contributed by atoms with van der Waals surface area (Å²) in [5.74, 6) is -0.0247. The van der Waals surface area contributed by atoms with Crippen LogP contribution in [0.1, 0.15) is 39.2 Å². The van der Waals surface area contributed by atoms with E-state index in [9.17, 15) is 10.1 Å². The number of aryl methyl sites for hydroxylation is 1. The van der Waals surface area contributed by atoms with Gasteiger partial charge in [0.15, 0.2) is 0 Å². The van der Waals surface area contributed by atoms with Gasteiger partial charge in [-0.2, -0.15) is 5.26 Å². The molecular formula is C24H24ClN5O. The Labute approximate surface area is 187 Å². The summed E-state index contributed by atoms with van der Waals surface area (Å²) in [5.41, 5.74) is 4.33. The quantitative estimate of drug-likeness (QED) is 0.642. The van der Waals surface area contributed by atoms with Crippen LogP contribution in [0.2, 0.25) is 5.02 Å². The lowest BCUT2D eigenvalue weighted by Crippen LogP contribution is -2.35. The molecule has 0 saturated carbocycles. The number of amides is 1. The maximum absolute atomic E-state index is 12.8. The molecule has 31 heavy (non-hydrogen) atoms. The topological polar surface area (TPSA) is 74.0 Å². The minimum atomic E-state index is -0.0247. The Morgan fingerprint density at radius 3 is 2.97 bits per heavy atom. The maximum atomic E-state index is 12.8. The van der Waals surface area contributed by atoms with Gasteiger partial charge in [0.05, 0.1) is 40.8 Å². The number of nitriles is 1. The van der Waals surface area contributed by atoms with Gasteiger partial charge in [-0.1, -0.05) is 35.9 Å².